The number of para-hydroxylation sites is 1. The van der Waals surface area contributed by atoms with Gasteiger partial charge in [-0.3, -0.25) is 9.52 Å². The smallest absolute Gasteiger partial charge is 0.262 e. The number of rotatable bonds is 7. The lowest BCUT2D eigenvalue weighted by Crippen LogP contribution is -2.20. The maximum Gasteiger partial charge on any atom is 0.262 e. The molecule has 0 spiro atoms. The Kier molecular flexibility index (Phi) is 6.18. The largest absolute Gasteiger partial charge is 0.482 e. The highest BCUT2D eigenvalue weighted by Crippen LogP contribution is 2.23. The molecule has 2 N–H and O–H groups in total. The molecule has 0 aliphatic heterocycles. The summed E-state index contributed by atoms with van der Waals surface area (Å²) in [6.07, 6.45) is 0. The number of benzene rings is 3. The normalized spacial score (nSPS) is 10.9. The van der Waals surface area contributed by atoms with Gasteiger partial charge in [0.15, 0.2) is 6.61 Å². The molecule has 0 unspecified atom stereocenters. The minimum Gasteiger partial charge on any atom is -0.482 e. The van der Waals surface area contributed by atoms with Crippen LogP contribution in [-0.2, 0) is 14.8 Å². The summed E-state index contributed by atoms with van der Waals surface area (Å²) in [4.78, 5) is 12.2. The van der Waals surface area contributed by atoms with Crippen LogP contribution in [0.5, 0.6) is 5.75 Å². The quantitative estimate of drug-likeness (QED) is 0.605. The molecule has 28 heavy (non-hydrogen) atoms. The second-order valence-electron chi connectivity index (χ2n) is 5.77. The number of hydrogen-bond donors (Lipinski definition) is 2. The standard InChI is InChI=1S/C20H17ClN2O4S/c21-18-11-4-5-12-19(18)27-14-20(24)22-15-7-6-8-16(13-15)23-28(25,26)17-9-2-1-3-10-17/h1-13,23H,14H2,(H,22,24). The third-order valence-electron chi connectivity index (χ3n) is 3.65. The van der Waals surface area contributed by atoms with E-state index in [1.54, 1.807) is 60.7 Å². The van der Waals surface area contributed by atoms with Gasteiger partial charge in [-0.15, -0.1) is 0 Å². The number of carbonyl (C=O) groups excluding carboxylic acids is 1. The van der Waals surface area contributed by atoms with Crippen molar-refractivity contribution in [2.75, 3.05) is 16.6 Å². The number of hydrogen-bond acceptors (Lipinski definition) is 4. The van der Waals surface area contributed by atoms with E-state index in [2.05, 4.69) is 10.0 Å². The Labute approximate surface area is 168 Å². The summed E-state index contributed by atoms with van der Waals surface area (Å²) in [6, 6.07) is 21.3. The van der Waals surface area contributed by atoms with E-state index < -0.39 is 15.9 Å². The highest BCUT2D eigenvalue weighted by Gasteiger charge is 2.14. The van der Waals surface area contributed by atoms with Gasteiger partial charge in [-0.25, -0.2) is 8.42 Å². The molecule has 0 aliphatic carbocycles. The molecule has 3 rings (SSSR count). The van der Waals surface area contributed by atoms with Crippen molar-refractivity contribution >= 4 is 38.9 Å². The zero-order valence-electron chi connectivity index (χ0n) is 14.6. The van der Waals surface area contributed by atoms with Gasteiger partial charge in [-0.1, -0.05) is 48.0 Å². The van der Waals surface area contributed by atoms with Crippen LogP contribution in [0, 0.1) is 0 Å². The summed E-state index contributed by atoms with van der Waals surface area (Å²) in [6.45, 7) is -0.232. The van der Waals surface area contributed by atoms with Gasteiger partial charge >= 0.3 is 0 Å². The van der Waals surface area contributed by atoms with Crippen LogP contribution >= 0.6 is 11.6 Å². The van der Waals surface area contributed by atoms with Gasteiger partial charge in [0, 0.05) is 5.69 Å². The van der Waals surface area contributed by atoms with E-state index in [4.69, 9.17) is 16.3 Å². The maximum atomic E-state index is 12.4. The Morgan fingerprint density at radius 1 is 0.893 bits per heavy atom. The molecule has 8 heteroatoms. The molecule has 0 bridgehead atoms. The minimum absolute atomic E-state index is 0.151. The predicted molar refractivity (Wildman–Crippen MR) is 109 cm³/mol. The van der Waals surface area contributed by atoms with Crippen molar-refractivity contribution in [2.24, 2.45) is 0 Å². The van der Waals surface area contributed by atoms with Crippen LogP contribution in [-0.4, -0.2) is 20.9 Å². The maximum absolute atomic E-state index is 12.4. The Balaban J connectivity index is 1.63. The third kappa shape index (κ3) is 5.25. The van der Waals surface area contributed by atoms with E-state index in [1.165, 1.54) is 18.2 Å². The highest BCUT2D eigenvalue weighted by molar-refractivity contribution is 7.92. The van der Waals surface area contributed by atoms with Crippen molar-refractivity contribution in [3.8, 4) is 5.75 Å². The molecule has 0 aromatic heterocycles. The lowest BCUT2D eigenvalue weighted by atomic mass is 10.3. The Morgan fingerprint density at radius 2 is 1.57 bits per heavy atom. The number of carbonyl (C=O) groups is 1. The molecule has 0 fully saturated rings. The van der Waals surface area contributed by atoms with Gasteiger partial charge in [0.1, 0.15) is 5.75 Å². The number of sulfonamides is 1. The van der Waals surface area contributed by atoms with Gasteiger partial charge in [-0.05, 0) is 42.5 Å². The van der Waals surface area contributed by atoms with E-state index in [9.17, 15) is 13.2 Å². The fourth-order valence-electron chi connectivity index (χ4n) is 2.38. The molecule has 3 aromatic rings. The van der Waals surface area contributed by atoms with E-state index in [0.717, 1.165) is 0 Å². The summed E-state index contributed by atoms with van der Waals surface area (Å²) in [5, 5.41) is 3.07. The van der Waals surface area contributed by atoms with Crippen molar-refractivity contribution in [1.82, 2.24) is 0 Å². The lowest BCUT2D eigenvalue weighted by molar-refractivity contribution is -0.118. The molecule has 6 nitrogen and oxygen atoms in total. The van der Waals surface area contributed by atoms with Gasteiger partial charge in [0.25, 0.3) is 15.9 Å². The third-order valence-corrected chi connectivity index (χ3v) is 5.36. The number of amides is 1. The first kappa shape index (κ1) is 19.7. The van der Waals surface area contributed by atoms with Crippen molar-refractivity contribution in [2.45, 2.75) is 4.90 Å². The first-order valence-corrected chi connectivity index (χ1v) is 10.2. The average molecular weight is 417 g/mol. The molecule has 0 aliphatic rings. The molecule has 0 saturated heterocycles. The Bertz CT molecular complexity index is 1070. The SMILES string of the molecule is O=C(COc1ccccc1Cl)Nc1cccc(NS(=O)(=O)c2ccccc2)c1. The van der Waals surface area contributed by atoms with Gasteiger partial charge in [0.2, 0.25) is 0 Å². The molecule has 0 saturated carbocycles. The van der Waals surface area contributed by atoms with E-state index in [-0.39, 0.29) is 11.5 Å². The highest BCUT2D eigenvalue weighted by atomic mass is 35.5. The number of anilines is 2. The second kappa shape index (κ2) is 8.77. The summed E-state index contributed by atoms with van der Waals surface area (Å²) < 4.78 is 32.7. The number of nitrogens with one attached hydrogen (secondary N) is 2. The van der Waals surface area contributed by atoms with Gasteiger partial charge in [-0.2, -0.15) is 0 Å². The second-order valence-corrected chi connectivity index (χ2v) is 7.86. The molecule has 1 amide bonds. The van der Waals surface area contributed by atoms with Crippen molar-refractivity contribution in [3.63, 3.8) is 0 Å². The summed E-state index contributed by atoms with van der Waals surface area (Å²) in [7, 11) is -3.71. The van der Waals surface area contributed by atoms with E-state index in [1.807, 2.05) is 0 Å². The Morgan fingerprint density at radius 3 is 2.32 bits per heavy atom. The van der Waals surface area contributed by atoms with E-state index in [0.29, 0.717) is 22.1 Å². The molecule has 3 aromatic carbocycles. The fraction of sp³-hybridized carbons (Fsp3) is 0.0500. The van der Waals surface area contributed by atoms with Crippen LogP contribution < -0.4 is 14.8 Å². The summed E-state index contributed by atoms with van der Waals surface area (Å²) in [5.74, 6) is 0.00618. The zero-order chi connectivity index (χ0) is 20.0. The molecule has 144 valence electrons. The molecule has 0 radical (unpaired) electrons. The zero-order valence-corrected chi connectivity index (χ0v) is 16.2. The van der Waals surface area contributed by atoms with Crippen LogP contribution in [0.1, 0.15) is 0 Å². The topological polar surface area (TPSA) is 84.5 Å². The number of halogens is 1. The van der Waals surface area contributed by atoms with Crippen molar-refractivity contribution in [3.05, 3.63) is 83.9 Å². The van der Waals surface area contributed by atoms with Crippen molar-refractivity contribution in [1.29, 1.82) is 0 Å². The van der Waals surface area contributed by atoms with Crippen LogP contribution in [0.25, 0.3) is 0 Å². The first-order chi connectivity index (χ1) is 13.4. The minimum atomic E-state index is -3.71. The van der Waals surface area contributed by atoms with Gasteiger partial charge < -0.3 is 10.1 Å². The lowest BCUT2D eigenvalue weighted by Gasteiger charge is -2.11. The van der Waals surface area contributed by atoms with Gasteiger partial charge in [0.05, 0.1) is 15.6 Å². The monoisotopic (exact) mass is 416 g/mol. The van der Waals surface area contributed by atoms with E-state index >= 15 is 0 Å². The number of ether oxygens (including phenoxy) is 1. The molecule has 0 atom stereocenters. The van der Waals surface area contributed by atoms with Crippen LogP contribution in [0.15, 0.2) is 83.8 Å². The first-order valence-electron chi connectivity index (χ1n) is 8.29. The van der Waals surface area contributed by atoms with Crippen molar-refractivity contribution < 1.29 is 17.9 Å². The summed E-state index contributed by atoms with van der Waals surface area (Å²) in [5.41, 5.74) is 0.759. The Hall–Kier alpha value is -3.03. The van der Waals surface area contributed by atoms with Crippen LogP contribution in [0.2, 0.25) is 5.02 Å². The van der Waals surface area contributed by atoms with Crippen LogP contribution in [0.4, 0.5) is 11.4 Å². The molecule has 0 heterocycles. The fourth-order valence-corrected chi connectivity index (χ4v) is 3.64. The average Bonchev–Trinajstić information content (AvgIpc) is 2.68. The van der Waals surface area contributed by atoms with Crippen LogP contribution in [0.3, 0.4) is 0 Å². The molecular weight excluding hydrogens is 400 g/mol. The molecular formula is C20H17ClN2O4S. The predicted octanol–water partition coefficient (Wildman–Crippen LogP) is 4.16. The summed E-state index contributed by atoms with van der Waals surface area (Å²) >= 11 is 5.98.